The Morgan fingerprint density at radius 1 is 1.19 bits per heavy atom. The number of benzene rings is 1. The Bertz CT molecular complexity index is 499. The van der Waals surface area contributed by atoms with Gasteiger partial charge in [-0.3, -0.25) is 0 Å². The van der Waals surface area contributed by atoms with Crippen molar-refractivity contribution in [2.24, 2.45) is 0 Å². The molecule has 114 valence electrons. The van der Waals surface area contributed by atoms with Crippen LogP contribution in [0.3, 0.4) is 0 Å². The quantitative estimate of drug-likeness (QED) is 0.618. The maximum Gasteiger partial charge on any atom is 0.350 e. The van der Waals surface area contributed by atoms with Crippen molar-refractivity contribution in [2.75, 3.05) is 13.2 Å². The highest BCUT2D eigenvalue weighted by atomic mass is 35.5. The highest BCUT2D eigenvalue weighted by Gasteiger charge is 2.60. The van der Waals surface area contributed by atoms with Gasteiger partial charge in [-0.2, -0.15) is 0 Å². The van der Waals surface area contributed by atoms with Crippen LogP contribution in [0.2, 0.25) is 5.02 Å². The lowest BCUT2D eigenvalue weighted by Gasteiger charge is -2.43. The van der Waals surface area contributed by atoms with Crippen molar-refractivity contribution in [3.8, 4) is 0 Å². The first-order valence-electron chi connectivity index (χ1n) is 6.81. The average Bonchev–Trinajstić information content (AvgIpc) is 2.40. The maximum absolute atomic E-state index is 12.0. The summed E-state index contributed by atoms with van der Waals surface area (Å²) in [6.45, 7) is 3.70. The van der Waals surface area contributed by atoms with Crippen LogP contribution in [0.25, 0.3) is 0 Å². The standard InChI is InChI=1S/C15H17ClO5/c1-3-19-13(17)15(14(18)20-4-2)9-12(21-15)10-5-7-11(16)8-6-10/h5-8,12H,3-4,9H2,1-2H3/t12-/m1/s1. The molecule has 1 fully saturated rings. The van der Waals surface area contributed by atoms with E-state index in [4.69, 9.17) is 25.8 Å². The van der Waals surface area contributed by atoms with E-state index in [0.29, 0.717) is 5.02 Å². The third kappa shape index (κ3) is 3.04. The Morgan fingerprint density at radius 3 is 2.10 bits per heavy atom. The highest BCUT2D eigenvalue weighted by molar-refractivity contribution is 6.30. The van der Waals surface area contributed by atoms with Crippen LogP contribution in [0.5, 0.6) is 0 Å². The number of hydrogen-bond donors (Lipinski definition) is 0. The van der Waals surface area contributed by atoms with E-state index in [1.165, 1.54) is 0 Å². The fraction of sp³-hybridized carbons (Fsp3) is 0.467. The van der Waals surface area contributed by atoms with Crippen LogP contribution >= 0.6 is 11.6 Å². The summed E-state index contributed by atoms with van der Waals surface area (Å²) in [7, 11) is 0. The molecule has 5 nitrogen and oxygen atoms in total. The van der Waals surface area contributed by atoms with Crippen LogP contribution in [0.4, 0.5) is 0 Å². The second-order valence-electron chi connectivity index (χ2n) is 4.63. The van der Waals surface area contributed by atoms with E-state index < -0.39 is 17.5 Å². The SMILES string of the molecule is CCOC(=O)C1(C(=O)OCC)C[C@H](c2ccc(Cl)cc2)O1. The minimum atomic E-state index is -1.64. The summed E-state index contributed by atoms with van der Waals surface area (Å²) >= 11 is 5.83. The minimum absolute atomic E-state index is 0.176. The molecular weight excluding hydrogens is 296 g/mol. The molecule has 2 rings (SSSR count). The number of rotatable bonds is 5. The molecule has 1 aromatic rings. The van der Waals surface area contributed by atoms with Gasteiger partial charge in [-0.1, -0.05) is 23.7 Å². The molecule has 0 bridgehead atoms. The lowest BCUT2D eigenvalue weighted by molar-refractivity contribution is -0.238. The Morgan fingerprint density at radius 2 is 1.67 bits per heavy atom. The molecule has 0 unspecified atom stereocenters. The molecule has 21 heavy (non-hydrogen) atoms. The van der Waals surface area contributed by atoms with Gasteiger partial charge < -0.3 is 14.2 Å². The van der Waals surface area contributed by atoms with Gasteiger partial charge in [-0.05, 0) is 31.5 Å². The fourth-order valence-corrected chi connectivity index (χ4v) is 2.33. The van der Waals surface area contributed by atoms with Crippen LogP contribution in [-0.2, 0) is 23.8 Å². The van der Waals surface area contributed by atoms with E-state index in [2.05, 4.69) is 0 Å². The molecule has 6 heteroatoms. The predicted molar refractivity (Wildman–Crippen MR) is 75.9 cm³/mol. The molecule has 0 saturated carbocycles. The maximum atomic E-state index is 12.0. The number of esters is 2. The van der Waals surface area contributed by atoms with E-state index in [0.717, 1.165) is 5.56 Å². The third-order valence-electron chi connectivity index (χ3n) is 3.27. The number of halogens is 1. The van der Waals surface area contributed by atoms with Crippen molar-refractivity contribution < 1.29 is 23.8 Å². The number of hydrogen-bond acceptors (Lipinski definition) is 5. The fourth-order valence-electron chi connectivity index (χ4n) is 2.20. The molecule has 1 aliphatic rings. The molecule has 1 aromatic carbocycles. The second kappa shape index (κ2) is 6.45. The molecule has 1 saturated heterocycles. The predicted octanol–water partition coefficient (Wildman–Crippen LogP) is 2.67. The number of carbonyl (C=O) groups is 2. The first-order valence-corrected chi connectivity index (χ1v) is 7.19. The van der Waals surface area contributed by atoms with Gasteiger partial charge in [-0.15, -0.1) is 0 Å². The lowest BCUT2D eigenvalue weighted by atomic mass is 9.85. The van der Waals surface area contributed by atoms with Gasteiger partial charge in [0, 0.05) is 11.4 Å². The molecule has 1 atom stereocenters. The molecule has 0 amide bonds. The van der Waals surface area contributed by atoms with E-state index in [-0.39, 0.29) is 25.7 Å². The van der Waals surface area contributed by atoms with Crippen LogP contribution in [-0.4, -0.2) is 30.8 Å². The zero-order chi connectivity index (χ0) is 15.5. The zero-order valence-corrected chi connectivity index (χ0v) is 12.7. The third-order valence-corrected chi connectivity index (χ3v) is 3.52. The molecule has 1 heterocycles. The summed E-state index contributed by atoms with van der Waals surface area (Å²) in [6.07, 6.45) is -0.150. The molecule has 0 spiro atoms. The summed E-state index contributed by atoms with van der Waals surface area (Å²) in [5, 5.41) is 0.611. The van der Waals surface area contributed by atoms with Crippen molar-refractivity contribution in [3.05, 3.63) is 34.9 Å². The molecule has 0 aromatic heterocycles. The van der Waals surface area contributed by atoms with Gasteiger partial charge >= 0.3 is 11.9 Å². The van der Waals surface area contributed by atoms with Gasteiger partial charge in [0.1, 0.15) is 0 Å². The van der Waals surface area contributed by atoms with Crippen molar-refractivity contribution in [1.29, 1.82) is 0 Å². The molecule has 0 aliphatic carbocycles. The average molecular weight is 313 g/mol. The first kappa shape index (κ1) is 15.8. The number of ether oxygens (including phenoxy) is 3. The van der Waals surface area contributed by atoms with Crippen molar-refractivity contribution in [3.63, 3.8) is 0 Å². The molecule has 0 radical (unpaired) electrons. The van der Waals surface area contributed by atoms with Gasteiger partial charge in [0.25, 0.3) is 5.60 Å². The van der Waals surface area contributed by atoms with Crippen LogP contribution in [0, 0.1) is 0 Å². The van der Waals surface area contributed by atoms with Crippen LogP contribution in [0.1, 0.15) is 31.9 Å². The summed E-state index contributed by atoms with van der Waals surface area (Å²) in [5.74, 6) is -1.40. The Balaban J connectivity index is 2.13. The van der Waals surface area contributed by atoms with Crippen molar-refractivity contribution in [2.45, 2.75) is 32.0 Å². The number of carbonyl (C=O) groups excluding carboxylic acids is 2. The van der Waals surface area contributed by atoms with Gasteiger partial charge in [-0.25, -0.2) is 9.59 Å². The largest absolute Gasteiger partial charge is 0.463 e. The van der Waals surface area contributed by atoms with E-state index in [1.54, 1.807) is 38.1 Å². The molecular formula is C15H17ClO5. The first-order chi connectivity index (χ1) is 10.0. The highest BCUT2D eigenvalue weighted by Crippen LogP contribution is 2.45. The summed E-state index contributed by atoms with van der Waals surface area (Å²) in [6, 6.07) is 7.06. The summed E-state index contributed by atoms with van der Waals surface area (Å²) in [5.41, 5.74) is -0.792. The Labute approximate surface area is 128 Å². The lowest BCUT2D eigenvalue weighted by Crippen LogP contribution is -2.59. The smallest absolute Gasteiger partial charge is 0.350 e. The summed E-state index contributed by atoms with van der Waals surface area (Å²) < 4.78 is 15.5. The molecule has 1 aliphatic heterocycles. The van der Waals surface area contributed by atoms with Crippen LogP contribution < -0.4 is 0 Å². The zero-order valence-electron chi connectivity index (χ0n) is 11.9. The minimum Gasteiger partial charge on any atom is -0.463 e. The van der Waals surface area contributed by atoms with E-state index >= 15 is 0 Å². The monoisotopic (exact) mass is 312 g/mol. The van der Waals surface area contributed by atoms with E-state index in [1.807, 2.05) is 0 Å². The topological polar surface area (TPSA) is 61.8 Å². The Hall–Kier alpha value is -1.59. The summed E-state index contributed by atoms with van der Waals surface area (Å²) in [4.78, 5) is 24.1. The van der Waals surface area contributed by atoms with Crippen LogP contribution in [0.15, 0.2) is 24.3 Å². The van der Waals surface area contributed by atoms with E-state index in [9.17, 15) is 9.59 Å². The van der Waals surface area contributed by atoms with Crippen molar-refractivity contribution in [1.82, 2.24) is 0 Å². The van der Waals surface area contributed by atoms with Gasteiger partial charge in [0.05, 0.1) is 19.3 Å². The van der Waals surface area contributed by atoms with Gasteiger partial charge in [0.15, 0.2) is 0 Å². The molecule has 0 N–H and O–H groups in total. The second-order valence-corrected chi connectivity index (χ2v) is 5.07. The Kier molecular flexibility index (Phi) is 4.85. The van der Waals surface area contributed by atoms with Crippen molar-refractivity contribution >= 4 is 23.5 Å². The normalized spacial score (nSPS) is 19.5. The van der Waals surface area contributed by atoms with Gasteiger partial charge in [0.2, 0.25) is 0 Å².